The molecule has 0 bridgehead atoms. The zero-order valence-corrected chi connectivity index (χ0v) is 12.4. The molecular weight excluding hydrogens is 254 g/mol. The first kappa shape index (κ1) is 16.5. The van der Waals surface area contributed by atoms with Gasteiger partial charge in [0.1, 0.15) is 5.75 Å². The summed E-state index contributed by atoms with van der Waals surface area (Å²) < 4.78 is 5.53. The highest BCUT2D eigenvalue weighted by Crippen LogP contribution is 2.13. The lowest BCUT2D eigenvalue weighted by molar-refractivity contribution is 0.0952. The number of hydrogen-bond acceptors (Lipinski definition) is 3. The van der Waals surface area contributed by atoms with Gasteiger partial charge in [0.25, 0.3) is 5.91 Å². The highest BCUT2D eigenvalue weighted by molar-refractivity contribution is 5.94. The van der Waals surface area contributed by atoms with Crippen LogP contribution in [0.2, 0.25) is 0 Å². The van der Waals surface area contributed by atoms with Gasteiger partial charge in [0.05, 0.1) is 6.10 Å². The van der Waals surface area contributed by atoms with Gasteiger partial charge < -0.3 is 15.2 Å². The van der Waals surface area contributed by atoms with Crippen LogP contribution in [0.25, 0.3) is 0 Å². The van der Waals surface area contributed by atoms with Crippen molar-refractivity contribution < 1.29 is 14.6 Å². The van der Waals surface area contributed by atoms with E-state index in [1.54, 1.807) is 12.1 Å². The lowest BCUT2D eigenvalue weighted by atomic mass is 10.2. The number of aliphatic hydroxyl groups is 1. The summed E-state index contributed by atoms with van der Waals surface area (Å²) in [6, 6.07) is 7.18. The number of amides is 1. The van der Waals surface area contributed by atoms with Crippen molar-refractivity contribution in [1.82, 2.24) is 5.32 Å². The Labute approximate surface area is 121 Å². The molecule has 112 valence electrons. The third kappa shape index (κ3) is 6.57. The Morgan fingerprint density at radius 3 is 2.40 bits per heavy atom. The summed E-state index contributed by atoms with van der Waals surface area (Å²) in [4.78, 5) is 11.9. The number of rotatable bonds is 9. The molecular formula is C16H25NO3. The summed E-state index contributed by atoms with van der Waals surface area (Å²) in [5, 5.41) is 11.6. The van der Waals surface area contributed by atoms with Crippen LogP contribution in [-0.4, -0.2) is 30.3 Å². The molecule has 0 spiro atoms. The average molecular weight is 279 g/mol. The van der Waals surface area contributed by atoms with Crippen LogP contribution in [0, 0.1) is 0 Å². The normalized spacial score (nSPS) is 10.6. The Kier molecular flexibility index (Phi) is 7.73. The zero-order chi connectivity index (χ0) is 14.8. The minimum absolute atomic E-state index is 0.0525. The first-order chi connectivity index (χ1) is 9.63. The number of carbonyl (C=O) groups is 1. The van der Waals surface area contributed by atoms with Crippen LogP contribution >= 0.6 is 0 Å². The van der Waals surface area contributed by atoms with Gasteiger partial charge in [-0.2, -0.15) is 0 Å². The van der Waals surface area contributed by atoms with Gasteiger partial charge in [0.15, 0.2) is 0 Å². The number of nitrogens with one attached hydrogen (secondary N) is 1. The number of aliphatic hydroxyl groups excluding tert-OH is 1. The highest BCUT2D eigenvalue weighted by Gasteiger charge is 2.05. The largest absolute Gasteiger partial charge is 0.491 e. The summed E-state index contributed by atoms with van der Waals surface area (Å²) in [5.41, 5.74) is 0.650. The molecule has 0 aliphatic carbocycles. The number of unbranched alkanes of at least 4 members (excludes halogenated alkanes) is 3. The van der Waals surface area contributed by atoms with Crippen LogP contribution in [0.4, 0.5) is 0 Å². The Morgan fingerprint density at radius 2 is 1.80 bits per heavy atom. The van der Waals surface area contributed by atoms with Gasteiger partial charge in [-0.25, -0.2) is 0 Å². The molecule has 2 N–H and O–H groups in total. The first-order valence-corrected chi connectivity index (χ1v) is 7.29. The van der Waals surface area contributed by atoms with Gasteiger partial charge >= 0.3 is 0 Å². The maximum atomic E-state index is 11.9. The van der Waals surface area contributed by atoms with E-state index in [2.05, 4.69) is 5.32 Å². The molecule has 4 heteroatoms. The van der Waals surface area contributed by atoms with Gasteiger partial charge in [0.2, 0.25) is 0 Å². The van der Waals surface area contributed by atoms with E-state index in [4.69, 9.17) is 9.84 Å². The standard InChI is InChI=1S/C16H25NO3/c1-13(2)20-15-9-7-14(8-10-15)16(19)17-11-5-3-4-6-12-18/h7-10,13,18H,3-6,11-12H2,1-2H3,(H,17,19). The molecule has 0 heterocycles. The molecule has 0 aliphatic heterocycles. The zero-order valence-electron chi connectivity index (χ0n) is 12.4. The SMILES string of the molecule is CC(C)Oc1ccc(C(=O)NCCCCCCO)cc1. The molecule has 0 atom stereocenters. The third-order valence-corrected chi connectivity index (χ3v) is 2.86. The highest BCUT2D eigenvalue weighted by atomic mass is 16.5. The Morgan fingerprint density at radius 1 is 1.15 bits per heavy atom. The van der Waals surface area contributed by atoms with E-state index in [0.29, 0.717) is 12.1 Å². The van der Waals surface area contributed by atoms with E-state index in [-0.39, 0.29) is 18.6 Å². The molecule has 0 saturated carbocycles. The summed E-state index contributed by atoms with van der Waals surface area (Å²) in [6.07, 6.45) is 3.95. The molecule has 0 radical (unpaired) electrons. The molecule has 1 aromatic rings. The van der Waals surface area contributed by atoms with Crippen LogP contribution in [0.3, 0.4) is 0 Å². The van der Waals surface area contributed by atoms with Crippen LogP contribution in [0.5, 0.6) is 5.75 Å². The second kappa shape index (κ2) is 9.37. The van der Waals surface area contributed by atoms with E-state index in [1.807, 2.05) is 26.0 Å². The molecule has 0 aromatic heterocycles. The Bertz CT molecular complexity index is 387. The van der Waals surface area contributed by atoms with Crippen molar-refractivity contribution >= 4 is 5.91 Å². The van der Waals surface area contributed by atoms with Crippen LogP contribution in [0.1, 0.15) is 49.9 Å². The van der Waals surface area contributed by atoms with Crippen molar-refractivity contribution in [2.45, 2.75) is 45.6 Å². The van der Waals surface area contributed by atoms with E-state index >= 15 is 0 Å². The number of ether oxygens (including phenoxy) is 1. The van der Waals surface area contributed by atoms with E-state index in [0.717, 1.165) is 31.4 Å². The fourth-order valence-electron chi connectivity index (χ4n) is 1.85. The summed E-state index contributed by atoms with van der Waals surface area (Å²) in [7, 11) is 0. The molecule has 1 rings (SSSR count). The maximum Gasteiger partial charge on any atom is 0.251 e. The fraction of sp³-hybridized carbons (Fsp3) is 0.562. The maximum absolute atomic E-state index is 11.9. The summed E-state index contributed by atoms with van der Waals surface area (Å²) in [5.74, 6) is 0.726. The van der Waals surface area contributed by atoms with Crippen LogP contribution < -0.4 is 10.1 Å². The molecule has 1 aromatic carbocycles. The Balaban J connectivity index is 2.29. The monoisotopic (exact) mass is 279 g/mol. The molecule has 0 fully saturated rings. The molecule has 1 amide bonds. The van der Waals surface area contributed by atoms with E-state index in [9.17, 15) is 4.79 Å². The summed E-state index contributed by atoms with van der Waals surface area (Å²) >= 11 is 0. The number of hydrogen-bond donors (Lipinski definition) is 2. The lowest BCUT2D eigenvalue weighted by Gasteiger charge is -2.10. The van der Waals surface area contributed by atoms with Crippen LogP contribution in [-0.2, 0) is 0 Å². The van der Waals surface area contributed by atoms with Gasteiger partial charge in [-0.15, -0.1) is 0 Å². The van der Waals surface area contributed by atoms with E-state index in [1.165, 1.54) is 0 Å². The van der Waals surface area contributed by atoms with Crippen molar-refractivity contribution in [3.8, 4) is 5.75 Å². The minimum Gasteiger partial charge on any atom is -0.491 e. The minimum atomic E-state index is -0.0525. The second-order valence-corrected chi connectivity index (χ2v) is 5.08. The van der Waals surface area contributed by atoms with Gasteiger partial charge in [-0.3, -0.25) is 4.79 Å². The average Bonchev–Trinajstić information content (AvgIpc) is 2.42. The topological polar surface area (TPSA) is 58.6 Å². The number of benzene rings is 1. The van der Waals surface area contributed by atoms with Gasteiger partial charge in [-0.1, -0.05) is 12.8 Å². The summed E-state index contributed by atoms with van der Waals surface area (Å²) in [6.45, 7) is 4.86. The van der Waals surface area contributed by atoms with Crippen molar-refractivity contribution in [3.63, 3.8) is 0 Å². The lowest BCUT2D eigenvalue weighted by Crippen LogP contribution is -2.24. The molecule has 0 aliphatic rings. The van der Waals surface area contributed by atoms with Crippen molar-refractivity contribution in [1.29, 1.82) is 0 Å². The predicted octanol–water partition coefficient (Wildman–Crippen LogP) is 2.76. The van der Waals surface area contributed by atoms with Crippen molar-refractivity contribution in [2.75, 3.05) is 13.2 Å². The van der Waals surface area contributed by atoms with E-state index < -0.39 is 0 Å². The number of carbonyl (C=O) groups excluding carboxylic acids is 1. The molecule has 0 saturated heterocycles. The quantitative estimate of drug-likeness (QED) is 0.683. The fourth-order valence-corrected chi connectivity index (χ4v) is 1.85. The van der Waals surface area contributed by atoms with Crippen LogP contribution in [0.15, 0.2) is 24.3 Å². The first-order valence-electron chi connectivity index (χ1n) is 7.29. The van der Waals surface area contributed by atoms with Crippen molar-refractivity contribution in [3.05, 3.63) is 29.8 Å². The smallest absolute Gasteiger partial charge is 0.251 e. The van der Waals surface area contributed by atoms with Gasteiger partial charge in [0, 0.05) is 18.7 Å². The van der Waals surface area contributed by atoms with Gasteiger partial charge in [-0.05, 0) is 51.0 Å². The third-order valence-electron chi connectivity index (χ3n) is 2.86. The Hall–Kier alpha value is -1.55. The second-order valence-electron chi connectivity index (χ2n) is 5.08. The van der Waals surface area contributed by atoms with Crippen molar-refractivity contribution in [2.24, 2.45) is 0 Å². The molecule has 20 heavy (non-hydrogen) atoms. The predicted molar refractivity (Wildman–Crippen MR) is 80.1 cm³/mol. The molecule has 4 nitrogen and oxygen atoms in total. The molecule has 0 unspecified atom stereocenters.